The number of H-pyrrole nitrogens is 2. The van der Waals surface area contributed by atoms with Gasteiger partial charge in [0.05, 0.1) is 11.0 Å². The second-order valence-corrected chi connectivity index (χ2v) is 16.4. The maximum absolute atomic E-state index is 13.8. The van der Waals surface area contributed by atoms with Gasteiger partial charge in [-0.25, -0.2) is 14.4 Å². The average Bonchev–Trinajstić information content (AvgIpc) is 3.56. The number of fused-ring (bicyclic) bond motifs is 1. The summed E-state index contributed by atoms with van der Waals surface area (Å²) >= 11 is 0. The number of hydrogen-bond donors (Lipinski definition) is 7. The molecule has 1 aliphatic heterocycles. The van der Waals surface area contributed by atoms with E-state index in [0.29, 0.717) is 67.6 Å². The number of carbonyl (C=O) groups excluding carboxylic acids is 4. The number of piperidine rings is 1. The zero-order valence-electron chi connectivity index (χ0n) is 33.4. The second-order valence-electron chi connectivity index (χ2n) is 16.4. The molecule has 1 atom stereocenters. The Bertz CT molecular complexity index is 2190. The van der Waals surface area contributed by atoms with E-state index in [-0.39, 0.29) is 41.8 Å². The first-order valence-electron chi connectivity index (χ1n) is 19.9. The third kappa shape index (κ3) is 11.0. The maximum Gasteiger partial charge on any atom is 0.407 e. The third-order valence-corrected chi connectivity index (χ3v) is 10.9. The number of anilines is 1. The van der Waals surface area contributed by atoms with Gasteiger partial charge in [0.25, 0.3) is 5.91 Å². The highest BCUT2D eigenvalue weighted by Crippen LogP contribution is 2.30. The van der Waals surface area contributed by atoms with Gasteiger partial charge in [-0.2, -0.15) is 0 Å². The number of aromatic nitrogens is 2. The minimum absolute atomic E-state index is 0.0884. The summed E-state index contributed by atoms with van der Waals surface area (Å²) < 4.78 is 5.35. The lowest BCUT2D eigenvalue weighted by molar-refractivity contribution is -0.130. The van der Waals surface area contributed by atoms with Gasteiger partial charge in [-0.15, -0.1) is 0 Å². The molecule has 308 valence electrons. The van der Waals surface area contributed by atoms with Gasteiger partial charge in [-0.3, -0.25) is 14.4 Å². The van der Waals surface area contributed by atoms with Crippen LogP contribution < -0.4 is 27.0 Å². The van der Waals surface area contributed by atoms with Crippen molar-refractivity contribution in [2.24, 2.45) is 11.8 Å². The third-order valence-electron chi connectivity index (χ3n) is 10.9. The molecule has 6 rings (SSSR count). The SMILES string of the molecule is Cc1cc(C(=O)NC2CCN(C(=O)O)CC2)ccc1-c1ccc(C[C@H](NC(=O)C2CCC(CNC(=O)OC(C)(C)C)CC2)C(=O)Nc2ccc3[nH]c(=O)[nH]c3c2)cc1. The van der Waals surface area contributed by atoms with Crippen LogP contribution in [-0.4, -0.2) is 87.2 Å². The largest absolute Gasteiger partial charge is 0.465 e. The number of carboxylic acid groups (broad SMARTS) is 1. The van der Waals surface area contributed by atoms with Crippen LogP contribution in [0.2, 0.25) is 0 Å². The number of nitrogens with one attached hydrogen (secondary N) is 6. The highest BCUT2D eigenvalue weighted by molar-refractivity contribution is 5.99. The molecule has 1 saturated heterocycles. The number of carbonyl (C=O) groups is 5. The van der Waals surface area contributed by atoms with Gasteiger partial charge in [0.1, 0.15) is 11.6 Å². The quantitative estimate of drug-likeness (QED) is 0.0998. The number of nitrogens with zero attached hydrogens (tertiary/aromatic N) is 1. The van der Waals surface area contributed by atoms with Gasteiger partial charge in [-0.05, 0) is 125 Å². The monoisotopic (exact) mass is 795 g/mol. The Morgan fingerprint density at radius 1 is 0.879 bits per heavy atom. The topological polar surface area (TPSA) is 215 Å². The Balaban J connectivity index is 1.10. The Morgan fingerprint density at radius 2 is 1.57 bits per heavy atom. The number of likely N-dealkylation sites (tertiary alicyclic amines) is 1. The number of amides is 5. The van der Waals surface area contributed by atoms with E-state index in [0.717, 1.165) is 35.1 Å². The minimum atomic E-state index is -0.944. The van der Waals surface area contributed by atoms with Crippen LogP contribution >= 0.6 is 0 Å². The smallest absolute Gasteiger partial charge is 0.407 e. The molecule has 2 aliphatic rings. The number of benzene rings is 3. The molecule has 2 heterocycles. The first-order chi connectivity index (χ1) is 27.6. The van der Waals surface area contributed by atoms with Crippen molar-refractivity contribution in [3.8, 4) is 11.1 Å². The van der Waals surface area contributed by atoms with E-state index in [1.165, 1.54) is 4.90 Å². The van der Waals surface area contributed by atoms with Crippen molar-refractivity contribution in [3.05, 3.63) is 87.8 Å². The molecular formula is C43H53N7O8. The first kappa shape index (κ1) is 41.5. The summed E-state index contributed by atoms with van der Waals surface area (Å²) in [6, 6.07) is 17.3. The first-order valence-corrected chi connectivity index (χ1v) is 19.9. The number of hydrogen-bond acceptors (Lipinski definition) is 7. The minimum Gasteiger partial charge on any atom is -0.465 e. The Kier molecular flexibility index (Phi) is 12.9. The molecular weight excluding hydrogens is 743 g/mol. The van der Waals surface area contributed by atoms with Crippen molar-refractivity contribution in [2.45, 2.75) is 90.3 Å². The van der Waals surface area contributed by atoms with E-state index in [9.17, 15) is 33.9 Å². The number of aryl methyl sites for hydroxylation is 1. The highest BCUT2D eigenvalue weighted by Gasteiger charge is 2.31. The summed E-state index contributed by atoms with van der Waals surface area (Å²) in [6.07, 6.45) is 2.70. The van der Waals surface area contributed by atoms with E-state index in [1.807, 2.05) is 64.1 Å². The molecule has 3 aromatic carbocycles. The molecule has 4 aromatic rings. The van der Waals surface area contributed by atoms with Crippen molar-refractivity contribution in [3.63, 3.8) is 0 Å². The summed E-state index contributed by atoms with van der Waals surface area (Å²) in [7, 11) is 0. The van der Waals surface area contributed by atoms with E-state index in [1.54, 1.807) is 24.3 Å². The van der Waals surface area contributed by atoms with Gasteiger partial charge in [0.15, 0.2) is 0 Å². The fourth-order valence-electron chi connectivity index (χ4n) is 7.68. The summed E-state index contributed by atoms with van der Waals surface area (Å²) in [5.41, 5.74) is 4.79. The molecule has 7 N–H and O–H groups in total. The summed E-state index contributed by atoms with van der Waals surface area (Å²) in [6.45, 7) is 8.62. The fourth-order valence-corrected chi connectivity index (χ4v) is 7.68. The van der Waals surface area contributed by atoms with Crippen LogP contribution in [-0.2, 0) is 20.7 Å². The van der Waals surface area contributed by atoms with Crippen molar-refractivity contribution < 1.29 is 33.8 Å². The Morgan fingerprint density at radius 3 is 2.22 bits per heavy atom. The van der Waals surface area contributed by atoms with Crippen LogP contribution in [0.25, 0.3) is 22.2 Å². The zero-order valence-corrected chi connectivity index (χ0v) is 33.4. The van der Waals surface area contributed by atoms with Gasteiger partial charge in [0.2, 0.25) is 11.8 Å². The summed E-state index contributed by atoms with van der Waals surface area (Å²) in [4.78, 5) is 82.5. The normalized spacial score (nSPS) is 17.9. The molecule has 0 spiro atoms. The summed E-state index contributed by atoms with van der Waals surface area (Å²) in [5.74, 6) is -0.867. The Labute approximate surface area is 336 Å². The molecule has 15 nitrogen and oxygen atoms in total. The molecule has 0 unspecified atom stereocenters. The lowest BCUT2D eigenvalue weighted by atomic mass is 9.81. The Hall–Kier alpha value is -6.12. The standard InChI is InChI=1S/C43H53N7O8/c1-25-21-30(38(52)45-31-17-19-50(20-18-31)42(56)57)13-15-33(25)28-9-5-26(6-10-28)22-36(39(53)46-32-14-16-34-35(23-32)49-40(54)48-34)47-37(51)29-11-7-27(8-12-29)24-44-41(55)58-43(2,3)4/h5-6,9-10,13-16,21,23,27,29,31,36H,7-8,11-12,17-20,22,24H2,1-4H3,(H,44,55)(H,45,52)(H,46,53)(H,47,51)(H,56,57)(H2,48,49,54)/t27?,29?,36-/m0/s1. The van der Waals surface area contributed by atoms with Gasteiger partial charge in [-0.1, -0.05) is 30.3 Å². The predicted molar refractivity (Wildman–Crippen MR) is 220 cm³/mol. The molecule has 2 fully saturated rings. The second kappa shape index (κ2) is 18.0. The van der Waals surface area contributed by atoms with Crippen LogP contribution in [0.1, 0.15) is 80.8 Å². The molecule has 0 radical (unpaired) electrons. The van der Waals surface area contributed by atoms with Crippen LogP contribution in [0, 0.1) is 18.8 Å². The number of ether oxygens (including phenoxy) is 1. The number of alkyl carbamates (subject to hydrolysis) is 1. The molecule has 1 aliphatic carbocycles. The van der Waals surface area contributed by atoms with Crippen molar-refractivity contribution in [2.75, 3.05) is 25.0 Å². The van der Waals surface area contributed by atoms with Crippen LogP contribution in [0.15, 0.2) is 65.5 Å². The molecule has 58 heavy (non-hydrogen) atoms. The van der Waals surface area contributed by atoms with Gasteiger partial charge in [0, 0.05) is 49.3 Å². The lowest BCUT2D eigenvalue weighted by Gasteiger charge is -2.30. The number of aromatic amines is 2. The average molecular weight is 796 g/mol. The van der Waals surface area contributed by atoms with E-state index < -0.39 is 29.7 Å². The molecule has 1 saturated carbocycles. The van der Waals surface area contributed by atoms with Gasteiger partial charge < -0.3 is 46.0 Å². The lowest BCUT2D eigenvalue weighted by Crippen LogP contribution is -2.48. The van der Waals surface area contributed by atoms with Crippen molar-refractivity contribution in [1.82, 2.24) is 30.8 Å². The van der Waals surface area contributed by atoms with Crippen LogP contribution in [0.4, 0.5) is 15.3 Å². The summed E-state index contributed by atoms with van der Waals surface area (Å²) in [5, 5.41) is 21.0. The van der Waals surface area contributed by atoms with Crippen LogP contribution in [0.5, 0.6) is 0 Å². The number of imidazole rings is 1. The molecule has 15 heteroatoms. The highest BCUT2D eigenvalue weighted by atomic mass is 16.6. The fraction of sp³-hybridized carbons (Fsp3) is 0.442. The molecule has 1 aromatic heterocycles. The van der Waals surface area contributed by atoms with E-state index in [2.05, 4.69) is 31.2 Å². The van der Waals surface area contributed by atoms with Crippen molar-refractivity contribution in [1.29, 1.82) is 0 Å². The predicted octanol–water partition coefficient (Wildman–Crippen LogP) is 5.70. The number of rotatable bonds is 11. The van der Waals surface area contributed by atoms with E-state index >= 15 is 0 Å². The van der Waals surface area contributed by atoms with Crippen LogP contribution in [0.3, 0.4) is 0 Å². The molecule has 5 amide bonds. The maximum atomic E-state index is 13.8. The van der Waals surface area contributed by atoms with E-state index in [4.69, 9.17) is 4.74 Å². The van der Waals surface area contributed by atoms with Gasteiger partial charge >= 0.3 is 17.9 Å². The zero-order chi connectivity index (χ0) is 41.6. The van der Waals surface area contributed by atoms with Crippen molar-refractivity contribution >= 4 is 46.6 Å². The molecule has 0 bridgehead atoms.